The number of rotatable bonds is 9. The van der Waals surface area contributed by atoms with Gasteiger partial charge in [-0.1, -0.05) is 36.2 Å². The Morgan fingerprint density at radius 1 is 1.00 bits per heavy atom. The molecule has 1 aliphatic heterocycles. The lowest BCUT2D eigenvalue weighted by Gasteiger charge is -2.35. The van der Waals surface area contributed by atoms with Crippen LogP contribution in [0.2, 0.25) is 5.02 Å². The van der Waals surface area contributed by atoms with Crippen molar-refractivity contribution in [2.45, 2.75) is 75.0 Å². The second kappa shape index (κ2) is 16.7. The van der Waals surface area contributed by atoms with Crippen molar-refractivity contribution in [1.29, 1.82) is 0 Å². The SMILES string of the molecule is Cc1ccc(S(=O)(=O)Nc2ccc3c(c2)C(=O)N([C@@H](C)CO)C[C@H](C)[C@H](CN(C)S(=O)(=O)c2ccc(Cl)cc2)OCCCC[C@@H](C)O3)cc1. The lowest BCUT2D eigenvalue weighted by Crippen LogP contribution is -2.48. The number of benzene rings is 3. The quantitative estimate of drug-likeness (QED) is 0.291. The van der Waals surface area contributed by atoms with Crippen LogP contribution in [0.15, 0.2) is 76.5 Å². The van der Waals surface area contributed by atoms with Crippen molar-refractivity contribution in [3.63, 3.8) is 0 Å². The predicted octanol–water partition coefficient (Wildman–Crippen LogP) is 5.57. The van der Waals surface area contributed by atoms with Crippen molar-refractivity contribution in [2.24, 2.45) is 5.92 Å². The van der Waals surface area contributed by atoms with Gasteiger partial charge in [-0.05, 0) is 94.6 Å². The summed E-state index contributed by atoms with van der Waals surface area (Å²) in [5.74, 6) is -0.572. The molecule has 3 aromatic rings. The van der Waals surface area contributed by atoms with Gasteiger partial charge in [0.2, 0.25) is 10.0 Å². The highest BCUT2D eigenvalue weighted by Crippen LogP contribution is 2.30. The van der Waals surface area contributed by atoms with E-state index in [-0.39, 0.29) is 58.5 Å². The van der Waals surface area contributed by atoms with Gasteiger partial charge in [0.1, 0.15) is 5.75 Å². The standard InChI is InChI=1S/C35H46ClN3O8S2/c1-24-9-14-30(15-10-24)48(42,43)37-29-13-18-33-32(20-29)35(41)39(26(3)23-40)21-25(2)34(46-19-7-6-8-27(4)47-33)22-38(5)49(44,45)31-16-11-28(36)12-17-31/h9-18,20,25-27,34,37,40H,6-8,19,21-23H2,1-5H3/t25-,26-,27+,34-/m0/s1. The second-order valence-corrected chi connectivity index (χ2v) is 16.8. The molecule has 0 radical (unpaired) electrons. The number of sulfonamides is 2. The van der Waals surface area contributed by atoms with Crippen molar-refractivity contribution >= 4 is 43.2 Å². The van der Waals surface area contributed by atoms with Crippen LogP contribution in [0.1, 0.15) is 56.0 Å². The zero-order valence-electron chi connectivity index (χ0n) is 28.5. The second-order valence-electron chi connectivity index (χ2n) is 12.7. The fourth-order valence-electron chi connectivity index (χ4n) is 5.52. The number of fused-ring (bicyclic) bond motifs is 1. The number of likely N-dealkylation sites (N-methyl/N-ethyl adjacent to an activating group) is 1. The Morgan fingerprint density at radius 3 is 2.31 bits per heavy atom. The number of hydrogen-bond donors (Lipinski definition) is 2. The van der Waals surface area contributed by atoms with Crippen molar-refractivity contribution in [1.82, 2.24) is 9.21 Å². The number of nitrogens with one attached hydrogen (secondary N) is 1. The van der Waals surface area contributed by atoms with Crippen LogP contribution in [-0.2, 0) is 24.8 Å². The van der Waals surface area contributed by atoms with Crippen LogP contribution >= 0.6 is 11.6 Å². The first-order chi connectivity index (χ1) is 23.1. The first kappa shape index (κ1) is 38.6. The van der Waals surface area contributed by atoms with E-state index in [9.17, 15) is 26.7 Å². The first-order valence-corrected chi connectivity index (χ1v) is 19.6. The number of aryl methyl sites for hydroxylation is 1. The summed E-state index contributed by atoms with van der Waals surface area (Å²) in [7, 11) is -6.35. The van der Waals surface area contributed by atoms with Crippen molar-refractivity contribution in [3.05, 3.63) is 82.9 Å². The molecule has 0 fully saturated rings. The molecule has 1 heterocycles. The number of aliphatic hydroxyl groups is 1. The van der Waals surface area contributed by atoms with Gasteiger partial charge in [-0.15, -0.1) is 0 Å². The minimum atomic E-state index is -3.96. The molecule has 3 aromatic carbocycles. The number of halogens is 1. The average Bonchev–Trinajstić information content (AvgIpc) is 3.06. The molecular weight excluding hydrogens is 690 g/mol. The highest BCUT2D eigenvalue weighted by molar-refractivity contribution is 7.92. The van der Waals surface area contributed by atoms with Crippen molar-refractivity contribution < 1.29 is 36.2 Å². The number of amides is 1. The Bertz CT molecular complexity index is 1790. The molecule has 0 saturated carbocycles. The third-order valence-corrected chi connectivity index (χ3v) is 12.1. The minimum absolute atomic E-state index is 0.0166. The highest BCUT2D eigenvalue weighted by atomic mass is 35.5. The molecule has 4 rings (SSSR count). The van der Waals surface area contributed by atoms with Gasteiger partial charge in [-0.2, -0.15) is 4.31 Å². The summed E-state index contributed by atoms with van der Waals surface area (Å²) >= 11 is 5.98. The van der Waals surface area contributed by atoms with Crippen LogP contribution in [0.5, 0.6) is 5.75 Å². The summed E-state index contributed by atoms with van der Waals surface area (Å²) in [5, 5.41) is 10.6. The maximum absolute atomic E-state index is 14.4. The number of hydrogen-bond acceptors (Lipinski definition) is 8. The number of ether oxygens (including phenoxy) is 2. The summed E-state index contributed by atoms with van der Waals surface area (Å²) in [5.41, 5.74) is 1.21. The number of carbonyl (C=O) groups is 1. The molecule has 0 aliphatic carbocycles. The van der Waals surface area contributed by atoms with Gasteiger partial charge < -0.3 is 19.5 Å². The number of nitrogens with zero attached hydrogens (tertiary/aromatic N) is 2. The zero-order chi connectivity index (χ0) is 35.9. The van der Waals surface area contributed by atoms with Crippen LogP contribution in [0.3, 0.4) is 0 Å². The minimum Gasteiger partial charge on any atom is -0.490 e. The highest BCUT2D eigenvalue weighted by Gasteiger charge is 2.32. The molecule has 4 atom stereocenters. The summed E-state index contributed by atoms with van der Waals surface area (Å²) in [6.07, 6.45) is 1.23. The first-order valence-electron chi connectivity index (χ1n) is 16.3. The number of anilines is 1. The maximum atomic E-state index is 14.4. The smallest absolute Gasteiger partial charge is 0.261 e. The van der Waals surface area contributed by atoms with Crippen LogP contribution in [0.25, 0.3) is 0 Å². The zero-order valence-corrected chi connectivity index (χ0v) is 30.9. The third kappa shape index (κ3) is 9.95. The van der Waals surface area contributed by atoms with Crippen LogP contribution in [0.4, 0.5) is 5.69 Å². The normalized spacial score (nSPS) is 20.6. The van der Waals surface area contributed by atoms with Gasteiger partial charge in [0, 0.05) is 43.4 Å². The Balaban J connectivity index is 1.67. The van der Waals surface area contributed by atoms with E-state index in [1.807, 2.05) is 20.8 Å². The fourth-order valence-corrected chi connectivity index (χ4v) is 7.88. The summed E-state index contributed by atoms with van der Waals surface area (Å²) in [6, 6.07) is 16.3. The molecule has 0 saturated heterocycles. The topological polar surface area (TPSA) is 143 Å². The van der Waals surface area contributed by atoms with Crippen LogP contribution < -0.4 is 9.46 Å². The maximum Gasteiger partial charge on any atom is 0.261 e. The Labute approximate surface area is 295 Å². The van der Waals surface area contributed by atoms with E-state index in [1.54, 1.807) is 31.2 Å². The summed E-state index contributed by atoms with van der Waals surface area (Å²) in [6.45, 7) is 7.48. The van der Waals surface area contributed by atoms with Crippen LogP contribution in [0, 0.1) is 12.8 Å². The molecule has 1 amide bonds. The van der Waals surface area contributed by atoms with E-state index in [4.69, 9.17) is 21.1 Å². The summed E-state index contributed by atoms with van der Waals surface area (Å²) < 4.78 is 69.6. The largest absolute Gasteiger partial charge is 0.490 e. The van der Waals surface area contributed by atoms with Gasteiger partial charge in [0.15, 0.2) is 0 Å². The molecule has 14 heteroatoms. The molecule has 0 bridgehead atoms. The van der Waals surface area contributed by atoms with Crippen molar-refractivity contribution in [2.75, 3.05) is 38.1 Å². The fraction of sp³-hybridized carbons (Fsp3) is 0.457. The molecule has 0 unspecified atom stereocenters. The molecule has 268 valence electrons. The lowest BCUT2D eigenvalue weighted by molar-refractivity contribution is -0.00833. The van der Waals surface area contributed by atoms with Crippen LogP contribution in [-0.4, -0.2) is 88.7 Å². The Hall–Kier alpha value is -3.20. The van der Waals surface area contributed by atoms with E-state index in [0.717, 1.165) is 12.0 Å². The molecule has 0 aromatic heterocycles. The average molecular weight is 736 g/mol. The molecule has 49 heavy (non-hydrogen) atoms. The van der Waals surface area contributed by atoms with E-state index >= 15 is 0 Å². The third-order valence-electron chi connectivity index (χ3n) is 8.59. The number of aliphatic hydroxyl groups excluding tert-OH is 1. The van der Waals surface area contributed by atoms with Gasteiger partial charge in [0.05, 0.1) is 40.2 Å². The molecule has 0 spiro atoms. The van der Waals surface area contributed by atoms with Gasteiger partial charge >= 0.3 is 0 Å². The molecule has 2 N–H and O–H groups in total. The van der Waals surface area contributed by atoms with E-state index < -0.39 is 38.1 Å². The molecule has 1 aliphatic rings. The van der Waals surface area contributed by atoms with Gasteiger partial charge in [0.25, 0.3) is 15.9 Å². The van der Waals surface area contributed by atoms with E-state index in [0.29, 0.717) is 24.5 Å². The monoisotopic (exact) mass is 735 g/mol. The Kier molecular flexibility index (Phi) is 13.1. The van der Waals surface area contributed by atoms with E-state index in [1.165, 1.54) is 58.7 Å². The molecular formula is C35H46ClN3O8S2. The predicted molar refractivity (Wildman–Crippen MR) is 190 cm³/mol. The van der Waals surface area contributed by atoms with Gasteiger partial charge in [-0.25, -0.2) is 16.8 Å². The lowest BCUT2D eigenvalue weighted by atomic mass is 10.0. The number of carbonyl (C=O) groups excluding carboxylic acids is 1. The van der Waals surface area contributed by atoms with Crippen molar-refractivity contribution in [3.8, 4) is 5.75 Å². The molecule has 11 nitrogen and oxygen atoms in total. The van der Waals surface area contributed by atoms with E-state index in [2.05, 4.69) is 4.72 Å². The summed E-state index contributed by atoms with van der Waals surface area (Å²) in [4.78, 5) is 16.0. The van der Waals surface area contributed by atoms with Gasteiger partial charge in [-0.3, -0.25) is 9.52 Å². The Morgan fingerprint density at radius 2 is 1.65 bits per heavy atom.